The predicted octanol–water partition coefficient (Wildman–Crippen LogP) is -0.410. The molecule has 206 valence electrons. The fourth-order valence-corrected chi connectivity index (χ4v) is 4.44. The van der Waals surface area contributed by atoms with Crippen molar-refractivity contribution in [1.82, 2.24) is 0 Å². The Morgan fingerprint density at radius 2 is 1.32 bits per heavy atom. The summed E-state index contributed by atoms with van der Waals surface area (Å²) in [7, 11) is 2.88. The van der Waals surface area contributed by atoms with Gasteiger partial charge in [0, 0.05) is 13.2 Å². The number of aliphatic hydroxyl groups excluding tert-OH is 6. The van der Waals surface area contributed by atoms with E-state index in [2.05, 4.69) is 0 Å². The molecule has 1 heterocycles. The van der Waals surface area contributed by atoms with Gasteiger partial charge in [0.05, 0.1) is 20.8 Å². The number of phenolic OH excluding ortho intramolecular Hbond substituents is 1. The maximum atomic E-state index is 10.3. The summed E-state index contributed by atoms with van der Waals surface area (Å²) < 4.78 is 21.7. The number of hydrogen-bond donors (Lipinski definition) is 7. The molecular weight excluding hydrogens is 488 g/mol. The first-order chi connectivity index (χ1) is 17.8. The summed E-state index contributed by atoms with van der Waals surface area (Å²) in [6.45, 7) is -0.915. The lowest BCUT2D eigenvalue weighted by Gasteiger charge is -2.39. The van der Waals surface area contributed by atoms with Crippen LogP contribution >= 0.6 is 0 Å². The Bertz CT molecular complexity index is 998. The number of rotatable bonds is 12. The molecule has 3 rings (SSSR count). The third kappa shape index (κ3) is 6.82. The summed E-state index contributed by atoms with van der Waals surface area (Å²) in [5.74, 6) is 0.265. The first-order valence-corrected chi connectivity index (χ1v) is 12.0. The molecule has 0 aliphatic carbocycles. The zero-order chi connectivity index (χ0) is 27.1. The van der Waals surface area contributed by atoms with Crippen LogP contribution in [0.15, 0.2) is 36.4 Å². The molecule has 0 radical (unpaired) electrons. The normalized spacial score (nSPS) is 25.4. The van der Waals surface area contributed by atoms with Gasteiger partial charge in [-0.15, -0.1) is 0 Å². The van der Waals surface area contributed by atoms with E-state index < -0.39 is 37.3 Å². The van der Waals surface area contributed by atoms with Crippen molar-refractivity contribution in [3.05, 3.63) is 47.5 Å². The third-order valence-corrected chi connectivity index (χ3v) is 6.70. The van der Waals surface area contributed by atoms with Gasteiger partial charge in [0.15, 0.2) is 23.0 Å². The van der Waals surface area contributed by atoms with E-state index in [1.165, 1.54) is 20.3 Å². The van der Waals surface area contributed by atoms with E-state index in [-0.39, 0.29) is 36.5 Å². The second kappa shape index (κ2) is 13.2. The molecule has 7 N–H and O–H groups in total. The van der Waals surface area contributed by atoms with Gasteiger partial charge in [0.1, 0.15) is 24.4 Å². The minimum atomic E-state index is -1.57. The van der Waals surface area contributed by atoms with Crippen molar-refractivity contribution in [2.75, 3.05) is 34.0 Å². The van der Waals surface area contributed by atoms with Crippen molar-refractivity contribution >= 4 is 0 Å². The van der Waals surface area contributed by atoms with E-state index >= 15 is 0 Å². The molecule has 1 saturated heterocycles. The summed E-state index contributed by atoms with van der Waals surface area (Å²) in [6.07, 6.45) is -6.24. The van der Waals surface area contributed by atoms with Crippen molar-refractivity contribution < 1.29 is 54.7 Å². The minimum absolute atomic E-state index is 0.0172. The van der Waals surface area contributed by atoms with Crippen LogP contribution in [0.3, 0.4) is 0 Å². The third-order valence-electron chi connectivity index (χ3n) is 6.70. The van der Waals surface area contributed by atoms with Gasteiger partial charge in [-0.1, -0.05) is 12.1 Å². The lowest BCUT2D eigenvalue weighted by atomic mass is 9.83. The van der Waals surface area contributed by atoms with Crippen LogP contribution in [-0.2, 0) is 17.6 Å². The van der Waals surface area contributed by atoms with Crippen LogP contribution in [0.4, 0.5) is 0 Å². The number of aliphatic hydroxyl groups is 6. The van der Waals surface area contributed by atoms with Crippen LogP contribution in [0.5, 0.6) is 23.0 Å². The molecule has 1 fully saturated rings. The smallest absolute Gasteiger partial charge is 0.229 e. The number of hydrogen-bond acceptors (Lipinski definition) is 11. The number of aromatic hydroxyl groups is 1. The quantitative estimate of drug-likeness (QED) is 0.192. The van der Waals surface area contributed by atoms with Gasteiger partial charge in [0.25, 0.3) is 0 Å². The molecule has 0 bridgehead atoms. The van der Waals surface area contributed by atoms with Crippen LogP contribution in [0.2, 0.25) is 0 Å². The van der Waals surface area contributed by atoms with E-state index in [4.69, 9.17) is 18.9 Å². The highest BCUT2D eigenvalue weighted by atomic mass is 16.7. The van der Waals surface area contributed by atoms with Crippen molar-refractivity contribution in [3.63, 3.8) is 0 Å². The van der Waals surface area contributed by atoms with Crippen molar-refractivity contribution in [2.45, 2.75) is 43.5 Å². The van der Waals surface area contributed by atoms with Crippen LogP contribution < -0.4 is 14.2 Å². The Balaban J connectivity index is 1.73. The van der Waals surface area contributed by atoms with E-state index in [1.54, 1.807) is 30.3 Å². The fourth-order valence-electron chi connectivity index (χ4n) is 4.44. The van der Waals surface area contributed by atoms with Crippen LogP contribution in [-0.4, -0.2) is 100 Å². The summed E-state index contributed by atoms with van der Waals surface area (Å²) in [6, 6.07) is 9.98. The SMILES string of the molecule is COc1cc(C[C@@H](CO)[C@H](CO)Cc2ccc(O[C@H]3O[C@H](CO)[C@@H](O)[C@H](O)[C@H]3O)c(OC)c2)ccc1O. The van der Waals surface area contributed by atoms with Gasteiger partial charge in [-0.3, -0.25) is 0 Å². The molecule has 0 spiro atoms. The molecule has 11 nitrogen and oxygen atoms in total. The highest BCUT2D eigenvalue weighted by molar-refractivity contribution is 5.44. The van der Waals surface area contributed by atoms with Gasteiger partial charge in [-0.25, -0.2) is 0 Å². The van der Waals surface area contributed by atoms with Crippen molar-refractivity contribution in [3.8, 4) is 23.0 Å². The topological polar surface area (TPSA) is 179 Å². The summed E-state index contributed by atoms with van der Waals surface area (Å²) in [5, 5.41) is 69.6. The highest BCUT2D eigenvalue weighted by Gasteiger charge is 2.45. The molecule has 0 aromatic heterocycles. The molecule has 2 aromatic carbocycles. The molecule has 1 aliphatic heterocycles. The Labute approximate surface area is 215 Å². The first kappa shape index (κ1) is 28.9. The maximum absolute atomic E-state index is 10.3. The van der Waals surface area contributed by atoms with Gasteiger partial charge in [-0.2, -0.15) is 0 Å². The molecule has 37 heavy (non-hydrogen) atoms. The zero-order valence-electron chi connectivity index (χ0n) is 20.8. The van der Waals surface area contributed by atoms with Crippen LogP contribution in [0.25, 0.3) is 0 Å². The minimum Gasteiger partial charge on any atom is -0.504 e. The number of phenols is 1. The molecule has 0 unspecified atom stereocenters. The first-order valence-electron chi connectivity index (χ1n) is 12.0. The Hall–Kier alpha value is -2.64. The summed E-state index contributed by atoms with van der Waals surface area (Å²) in [4.78, 5) is 0. The average Bonchev–Trinajstić information content (AvgIpc) is 2.92. The van der Waals surface area contributed by atoms with Gasteiger partial charge >= 0.3 is 0 Å². The summed E-state index contributed by atoms with van der Waals surface area (Å²) >= 11 is 0. The number of methoxy groups -OCH3 is 2. The van der Waals surface area contributed by atoms with E-state index in [9.17, 15) is 35.7 Å². The lowest BCUT2D eigenvalue weighted by molar-refractivity contribution is -0.277. The van der Waals surface area contributed by atoms with Crippen molar-refractivity contribution in [2.24, 2.45) is 11.8 Å². The van der Waals surface area contributed by atoms with Gasteiger partial charge in [0.2, 0.25) is 6.29 Å². The fraction of sp³-hybridized carbons (Fsp3) is 0.538. The largest absolute Gasteiger partial charge is 0.504 e. The van der Waals surface area contributed by atoms with Crippen LogP contribution in [0, 0.1) is 11.8 Å². The highest BCUT2D eigenvalue weighted by Crippen LogP contribution is 2.34. The van der Waals surface area contributed by atoms with Crippen LogP contribution in [0.1, 0.15) is 11.1 Å². The molecule has 0 amide bonds. The molecule has 7 atom stereocenters. The lowest BCUT2D eigenvalue weighted by Crippen LogP contribution is -2.60. The zero-order valence-corrected chi connectivity index (χ0v) is 20.8. The Morgan fingerprint density at radius 3 is 1.86 bits per heavy atom. The maximum Gasteiger partial charge on any atom is 0.229 e. The molecule has 0 saturated carbocycles. The molecule has 11 heteroatoms. The monoisotopic (exact) mass is 524 g/mol. The second-order valence-electron chi connectivity index (χ2n) is 9.10. The van der Waals surface area contributed by atoms with Gasteiger partial charge < -0.3 is 54.7 Å². The predicted molar refractivity (Wildman–Crippen MR) is 131 cm³/mol. The van der Waals surface area contributed by atoms with E-state index in [0.717, 1.165) is 11.1 Å². The molecule has 2 aromatic rings. The van der Waals surface area contributed by atoms with E-state index in [1.807, 2.05) is 0 Å². The molecular formula is C26H36O11. The van der Waals surface area contributed by atoms with E-state index in [0.29, 0.717) is 24.3 Å². The molecule has 1 aliphatic rings. The van der Waals surface area contributed by atoms with Crippen molar-refractivity contribution in [1.29, 1.82) is 0 Å². The number of benzene rings is 2. The standard InChI is InChI=1S/C26H36O11/c1-34-20-9-14(3-5-18(20)30)7-16(11-27)17(12-28)8-15-4-6-19(21(10-15)35-2)36-26-25(33)24(32)23(31)22(13-29)37-26/h3-6,9-10,16-17,22-33H,7-8,11-13H2,1-2H3/t16-,17-,22+,23+,24-,25+,26-/m0/s1. The average molecular weight is 525 g/mol. The summed E-state index contributed by atoms with van der Waals surface area (Å²) in [5.41, 5.74) is 1.63. The van der Waals surface area contributed by atoms with Gasteiger partial charge in [-0.05, 0) is 60.1 Å². The second-order valence-corrected chi connectivity index (χ2v) is 9.10. The number of ether oxygens (including phenoxy) is 4. The Morgan fingerprint density at radius 1 is 0.757 bits per heavy atom. The Kier molecular flexibility index (Phi) is 10.4.